The van der Waals surface area contributed by atoms with Gasteiger partial charge in [-0.15, -0.1) is 0 Å². The van der Waals surface area contributed by atoms with Crippen LogP contribution in [-0.4, -0.2) is 51.5 Å². The smallest absolute Gasteiger partial charge is 0.293 e. The Bertz CT molecular complexity index is 614. The molecule has 3 rings (SSSR count). The lowest BCUT2D eigenvalue weighted by Crippen LogP contribution is -2.47. The fourth-order valence-corrected chi connectivity index (χ4v) is 3.32. The molecule has 2 aliphatic heterocycles. The topological polar surface area (TPSA) is 100 Å². The summed E-state index contributed by atoms with van der Waals surface area (Å²) in [5, 5.41) is 21.3. The quantitative estimate of drug-likeness (QED) is 0.326. The van der Waals surface area contributed by atoms with Crippen LogP contribution in [0.15, 0.2) is 30.3 Å². The zero-order chi connectivity index (χ0) is 18.2. The average Bonchev–Trinajstić information content (AvgIpc) is 3.04. The summed E-state index contributed by atoms with van der Waals surface area (Å²) in [6.07, 6.45) is -4.41. The second-order valence-corrected chi connectivity index (χ2v) is 7.42. The van der Waals surface area contributed by atoms with Crippen molar-refractivity contribution in [3.8, 4) is 0 Å². The van der Waals surface area contributed by atoms with Crippen LogP contribution in [0.25, 0.3) is 0 Å². The fraction of sp³-hybridized carbons (Fsp3) is 0.625. The molecule has 0 spiro atoms. The number of rotatable bonds is 6. The lowest BCUT2D eigenvalue weighted by atomic mass is 10.1. The number of ether oxygens (including phenoxy) is 4. The Kier molecular flexibility index (Phi) is 5.42. The third-order valence-corrected chi connectivity index (χ3v) is 5.01. The van der Waals surface area contributed by atoms with Crippen LogP contribution in [0.1, 0.15) is 19.4 Å². The Morgan fingerprint density at radius 1 is 1.36 bits per heavy atom. The number of aliphatic hydroxyl groups excluding tert-OH is 1. The molecule has 1 aromatic rings. The molecule has 8 nitrogen and oxygen atoms in total. The third kappa shape index (κ3) is 4.02. The summed E-state index contributed by atoms with van der Waals surface area (Å²) in [7, 11) is 0. The number of hydrogen-bond donors (Lipinski definition) is 1. The number of fused-ring (bicyclic) bond motifs is 1. The lowest BCUT2D eigenvalue weighted by molar-refractivity contribution is -0.507. The third-order valence-electron chi connectivity index (χ3n) is 4.13. The molecule has 0 amide bonds. The van der Waals surface area contributed by atoms with E-state index in [-0.39, 0.29) is 6.61 Å². The van der Waals surface area contributed by atoms with E-state index in [0.29, 0.717) is 0 Å². The summed E-state index contributed by atoms with van der Waals surface area (Å²) in [5.74, 6) is -0.851. The predicted molar refractivity (Wildman–Crippen MR) is 89.4 cm³/mol. The molecule has 0 radical (unpaired) electrons. The Labute approximate surface area is 153 Å². The van der Waals surface area contributed by atoms with E-state index >= 15 is 0 Å². The number of alkyl halides is 1. The van der Waals surface area contributed by atoms with Crippen molar-refractivity contribution in [2.45, 2.75) is 61.9 Å². The van der Waals surface area contributed by atoms with Gasteiger partial charge in [0.25, 0.3) is 4.95 Å². The summed E-state index contributed by atoms with van der Waals surface area (Å²) in [5.41, 5.74) is 0.932. The molecule has 0 aromatic heterocycles. The van der Waals surface area contributed by atoms with Crippen LogP contribution >= 0.6 is 15.9 Å². The van der Waals surface area contributed by atoms with Crippen molar-refractivity contribution in [2.75, 3.05) is 0 Å². The molecule has 1 aromatic carbocycles. The summed E-state index contributed by atoms with van der Waals surface area (Å²) < 4.78 is 23.1. The Balaban J connectivity index is 1.76. The molecule has 0 bridgehead atoms. The minimum absolute atomic E-state index is 0.260. The van der Waals surface area contributed by atoms with Gasteiger partial charge in [-0.1, -0.05) is 30.3 Å². The second-order valence-electron chi connectivity index (χ2n) is 6.48. The number of benzene rings is 1. The maximum atomic E-state index is 11.0. The van der Waals surface area contributed by atoms with E-state index in [1.807, 2.05) is 30.3 Å². The zero-order valence-electron chi connectivity index (χ0n) is 13.8. The molecule has 25 heavy (non-hydrogen) atoms. The van der Waals surface area contributed by atoms with Gasteiger partial charge in [-0.25, -0.2) is 0 Å². The van der Waals surface area contributed by atoms with Crippen LogP contribution in [0.5, 0.6) is 0 Å². The maximum Gasteiger partial charge on any atom is 0.293 e. The van der Waals surface area contributed by atoms with Gasteiger partial charge in [-0.3, -0.25) is 10.1 Å². The van der Waals surface area contributed by atoms with E-state index in [1.54, 1.807) is 13.8 Å². The number of aliphatic hydroxyl groups is 1. The molecule has 2 heterocycles. The van der Waals surface area contributed by atoms with Crippen LogP contribution in [-0.2, 0) is 25.6 Å². The van der Waals surface area contributed by atoms with Crippen molar-refractivity contribution >= 4 is 15.9 Å². The van der Waals surface area contributed by atoms with Gasteiger partial charge in [-0.05, 0) is 35.3 Å². The molecule has 0 saturated carbocycles. The van der Waals surface area contributed by atoms with E-state index in [4.69, 9.17) is 18.9 Å². The van der Waals surface area contributed by atoms with Crippen molar-refractivity contribution in [3.63, 3.8) is 0 Å². The van der Waals surface area contributed by atoms with Crippen molar-refractivity contribution in [2.24, 2.45) is 0 Å². The van der Waals surface area contributed by atoms with Gasteiger partial charge in [-0.2, -0.15) is 0 Å². The van der Waals surface area contributed by atoms with E-state index < -0.39 is 46.4 Å². The van der Waals surface area contributed by atoms with Gasteiger partial charge in [0, 0.05) is 4.92 Å². The SMILES string of the molecule is CC1(C)O[C@H]2O[C@H](C(O)C(Br)[N+](=O)[O-])[C@H](OCc3ccccc3)[C@H]2O1. The predicted octanol–water partition coefficient (Wildman–Crippen LogP) is 1.81. The van der Waals surface area contributed by atoms with Crippen molar-refractivity contribution in [1.29, 1.82) is 0 Å². The molecule has 2 saturated heterocycles. The molecule has 1 N–H and O–H groups in total. The molecule has 0 aliphatic carbocycles. The number of hydrogen-bond acceptors (Lipinski definition) is 7. The molecule has 2 fully saturated rings. The average molecular weight is 418 g/mol. The van der Waals surface area contributed by atoms with Gasteiger partial charge < -0.3 is 24.1 Å². The van der Waals surface area contributed by atoms with Crippen LogP contribution < -0.4 is 0 Å². The van der Waals surface area contributed by atoms with E-state index in [1.165, 1.54) is 0 Å². The highest BCUT2D eigenvalue weighted by Gasteiger charge is 2.58. The number of nitro groups is 1. The Hall–Kier alpha value is -1.10. The van der Waals surface area contributed by atoms with Crippen molar-refractivity contribution < 1.29 is 29.0 Å². The van der Waals surface area contributed by atoms with Crippen LogP contribution in [0.4, 0.5) is 0 Å². The summed E-state index contributed by atoms with van der Waals surface area (Å²) in [4.78, 5) is 8.97. The molecular weight excluding hydrogens is 398 g/mol. The summed E-state index contributed by atoms with van der Waals surface area (Å²) >= 11 is 2.88. The monoisotopic (exact) mass is 417 g/mol. The first kappa shape index (κ1) is 18.7. The highest BCUT2D eigenvalue weighted by Crippen LogP contribution is 2.40. The van der Waals surface area contributed by atoms with Crippen molar-refractivity contribution in [3.05, 3.63) is 46.0 Å². The first-order valence-corrected chi connectivity index (χ1v) is 8.82. The minimum atomic E-state index is -1.42. The largest absolute Gasteiger partial charge is 0.382 e. The van der Waals surface area contributed by atoms with Crippen LogP contribution in [0.2, 0.25) is 0 Å². The van der Waals surface area contributed by atoms with Crippen molar-refractivity contribution in [1.82, 2.24) is 0 Å². The standard InChI is InChI=1S/C16H20BrNO7/c1-16(2)24-13-12(22-8-9-6-4-3-5-7-9)11(23-15(13)25-16)10(19)14(17)18(20)21/h3-7,10-15,19H,8H2,1-2H3/t10?,11-,12+,13-,14?,15-/m1/s1. The van der Waals surface area contributed by atoms with Crippen LogP contribution in [0, 0.1) is 10.1 Å². The van der Waals surface area contributed by atoms with Gasteiger partial charge in [0.05, 0.1) is 6.61 Å². The normalized spacial score (nSPS) is 33.0. The van der Waals surface area contributed by atoms with E-state index in [0.717, 1.165) is 5.56 Å². The molecule has 9 heteroatoms. The van der Waals surface area contributed by atoms with Gasteiger partial charge in [0.1, 0.15) is 18.3 Å². The Morgan fingerprint density at radius 3 is 2.68 bits per heavy atom. The minimum Gasteiger partial charge on any atom is -0.382 e. The molecular formula is C16H20BrNO7. The van der Waals surface area contributed by atoms with Crippen LogP contribution in [0.3, 0.4) is 0 Å². The fourth-order valence-electron chi connectivity index (χ4n) is 3.02. The van der Waals surface area contributed by atoms with E-state index in [9.17, 15) is 15.2 Å². The van der Waals surface area contributed by atoms with Gasteiger partial charge in [0.15, 0.2) is 18.2 Å². The molecule has 2 unspecified atom stereocenters. The van der Waals surface area contributed by atoms with E-state index in [2.05, 4.69) is 15.9 Å². The first-order valence-electron chi connectivity index (χ1n) is 7.91. The summed E-state index contributed by atoms with van der Waals surface area (Å²) in [6.45, 7) is 3.76. The van der Waals surface area contributed by atoms with Gasteiger partial charge >= 0.3 is 0 Å². The number of halogens is 1. The van der Waals surface area contributed by atoms with Gasteiger partial charge in [0.2, 0.25) is 0 Å². The number of nitrogens with zero attached hydrogens (tertiary/aromatic N) is 1. The maximum absolute atomic E-state index is 11.0. The Morgan fingerprint density at radius 2 is 2.04 bits per heavy atom. The highest BCUT2D eigenvalue weighted by atomic mass is 79.9. The molecule has 138 valence electrons. The molecule has 6 atom stereocenters. The molecule has 2 aliphatic rings. The lowest BCUT2D eigenvalue weighted by Gasteiger charge is -2.28. The highest BCUT2D eigenvalue weighted by molar-refractivity contribution is 9.09. The second kappa shape index (κ2) is 7.26. The first-order chi connectivity index (χ1) is 11.8. The summed E-state index contributed by atoms with van der Waals surface area (Å²) in [6, 6.07) is 9.47. The zero-order valence-corrected chi connectivity index (χ0v) is 15.4.